The molecule has 0 radical (unpaired) electrons. The van der Waals surface area contributed by atoms with Crippen LogP contribution in [0.4, 0.5) is 0 Å². The van der Waals surface area contributed by atoms with Gasteiger partial charge in [0.1, 0.15) is 0 Å². The Hall–Kier alpha value is -0.470. The predicted molar refractivity (Wildman–Crippen MR) is 38.0 cm³/mol. The highest BCUT2D eigenvalue weighted by molar-refractivity contribution is 7.45. The topological polar surface area (TPSA) is 216 Å². The van der Waals surface area contributed by atoms with E-state index in [2.05, 4.69) is 0 Å². The van der Waals surface area contributed by atoms with Crippen LogP contribution in [-0.2, 0) is 9.13 Å². The molecule has 0 rings (SSSR count). The van der Waals surface area contributed by atoms with Crippen LogP contribution in [0.1, 0.15) is 0 Å². The molecule has 0 aliphatic rings. The second kappa shape index (κ2) is 8.14. The highest BCUT2D eigenvalue weighted by Gasteiger charge is 2.00. The van der Waals surface area contributed by atoms with Gasteiger partial charge < -0.3 is 29.4 Å². The average Bonchev–Trinajstić information content (AvgIpc) is 1.52. The van der Waals surface area contributed by atoms with Crippen LogP contribution in [0, 0.1) is 5.53 Å². The lowest BCUT2D eigenvalue weighted by atomic mass is 13.0. The molecule has 0 aromatic carbocycles. The highest BCUT2D eigenvalue weighted by atomic mass is 31.2. The number of hydrogen-bond donors (Lipinski definition) is 7. The second-order valence-corrected chi connectivity index (χ2v) is 3.18. The number of phosphoric acid groups is 2. The number of nitrogens with zero attached hydrogens (tertiary/aromatic N) is 2. The van der Waals surface area contributed by atoms with Crippen LogP contribution in [0.15, 0.2) is 0 Å². The maximum absolute atomic E-state index is 8.88. The summed E-state index contributed by atoms with van der Waals surface area (Å²) in [6.07, 6.45) is 0. The molecule has 0 aliphatic heterocycles. The number of nitrogens with one attached hydrogen (secondary N) is 1. The van der Waals surface area contributed by atoms with Crippen molar-refractivity contribution >= 4 is 15.6 Å². The molecule has 0 aromatic rings. The molecule has 80 valence electrons. The third kappa shape index (κ3) is 4740. The molecule has 0 heterocycles. The van der Waals surface area contributed by atoms with E-state index < -0.39 is 15.6 Å². The summed E-state index contributed by atoms with van der Waals surface area (Å²) in [5, 5.41) is 0. The Morgan fingerprint density at radius 1 is 0.923 bits per heavy atom. The standard InChI is InChI=1S/HN3.2H3O4P/c1-3-2;2*1-5(2,3)4/h1H;2*(H3,1,2,3,4). The first kappa shape index (κ1) is 18.3. The van der Waals surface area contributed by atoms with Gasteiger partial charge in [-0.2, -0.15) is 0 Å². The van der Waals surface area contributed by atoms with Gasteiger partial charge in [-0.05, 0) is 10.4 Å². The van der Waals surface area contributed by atoms with Crippen molar-refractivity contribution < 1.29 is 38.5 Å². The van der Waals surface area contributed by atoms with E-state index in [0.717, 1.165) is 0 Å². The molecule has 0 spiro atoms. The molecular weight excluding hydrogens is 232 g/mol. The Labute approximate surface area is 71.2 Å². The number of hydrogen-bond acceptors (Lipinski definition) is 3. The Balaban J connectivity index is -0.000000120. The van der Waals surface area contributed by atoms with Gasteiger partial charge in [-0.3, -0.25) is 0 Å². The van der Waals surface area contributed by atoms with Gasteiger partial charge in [0, 0.05) is 0 Å². The summed E-state index contributed by atoms with van der Waals surface area (Å²) >= 11 is 0. The molecule has 0 aromatic heterocycles. The largest absolute Gasteiger partial charge is 0.466 e. The molecule has 0 fully saturated rings. The van der Waals surface area contributed by atoms with Crippen LogP contribution in [0.3, 0.4) is 0 Å². The Morgan fingerprint density at radius 2 is 0.923 bits per heavy atom. The van der Waals surface area contributed by atoms with Crippen LogP contribution >= 0.6 is 15.6 Å². The zero-order valence-corrected chi connectivity index (χ0v) is 7.58. The fraction of sp³-hybridized carbons (Fsp3) is 0. The summed E-state index contributed by atoms with van der Waals surface area (Å²) in [4.78, 5) is 44.9. The Kier molecular flexibility index (Phi) is 11.5. The molecule has 11 nitrogen and oxygen atoms in total. The van der Waals surface area contributed by atoms with E-state index in [1.807, 2.05) is 0 Å². The van der Waals surface area contributed by atoms with Crippen LogP contribution in [0.25, 0.3) is 10.4 Å². The molecule has 0 saturated carbocycles. The first-order valence-electron chi connectivity index (χ1n) is 1.99. The summed E-state index contributed by atoms with van der Waals surface area (Å²) in [6, 6.07) is 0. The van der Waals surface area contributed by atoms with E-state index in [0.29, 0.717) is 0 Å². The maximum Gasteiger partial charge on any atom is 0.466 e. The smallest absolute Gasteiger partial charge is 0.303 e. The normalized spacial score (nSPS) is 9.69. The van der Waals surface area contributed by atoms with E-state index in [1.54, 1.807) is 4.91 Å². The van der Waals surface area contributed by atoms with Crippen molar-refractivity contribution in [2.75, 3.05) is 0 Å². The minimum atomic E-state index is -4.64. The fourth-order valence-electron chi connectivity index (χ4n) is 0. The number of rotatable bonds is 0. The van der Waals surface area contributed by atoms with Crippen molar-refractivity contribution in [3.05, 3.63) is 10.4 Å². The molecule has 0 unspecified atom stereocenters. The SMILES string of the molecule is O=P(O)(O)O.O=P(O)(O)O.[N-]=[N+]=N. The Bertz CT molecular complexity index is 191. The lowest BCUT2D eigenvalue weighted by Crippen LogP contribution is -1.66. The maximum atomic E-state index is 8.88. The van der Waals surface area contributed by atoms with E-state index in [9.17, 15) is 0 Å². The Morgan fingerprint density at radius 3 is 0.923 bits per heavy atom. The van der Waals surface area contributed by atoms with Gasteiger partial charge in [0.05, 0.1) is 0 Å². The molecule has 0 atom stereocenters. The molecule has 13 heavy (non-hydrogen) atoms. The molecule has 0 saturated heterocycles. The van der Waals surface area contributed by atoms with E-state index in [4.69, 9.17) is 49.6 Å². The molecule has 0 amide bonds. The van der Waals surface area contributed by atoms with Crippen LogP contribution in [0.5, 0.6) is 0 Å². The first-order valence-corrected chi connectivity index (χ1v) is 5.12. The van der Waals surface area contributed by atoms with Gasteiger partial charge in [-0.1, -0.05) is 0 Å². The molecular formula is H7N3O8P2. The summed E-state index contributed by atoms with van der Waals surface area (Å²) in [7, 11) is -9.28. The molecule has 0 aliphatic carbocycles. The van der Waals surface area contributed by atoms with Crippen molar-refractivity contribution in [1.29, 1.82) is 5.53 Å². The third-order valence-corrected chi connectivity index (χ3v) is 0. The minimum Gasteiger partial charge on any atom is -0.303 e. The first-order chi connectivity index (χ1) is 5.41. The lowest BCUT2D eigenvalue weighted by molar-refractivity contribution is 0.272. The predicted octanol–water partition coefficient (Wildman–Crippen LogP) is -0.982. The summed E-state index contributed by atoms with van der Waals surface area (Å²) in [5.41, 5.74) is 12.2. The summed E-state index contributed by atoms with van der Waals surface area (Å²) < 4.78 is 17.8. The van der Waals surface area contributed by atoms with Gasteiger partial charge >= 0.3 is 15.6 Å². The summed E-state index contributed by atoms with van der Waals surface area (Å²) in [6.45, 7) is 0. The van der Waals surface area contributed by atoms with E-state index in [-0.39, 0.29) is 0 Å². The van der Waals surface area contributed by atoms with E-state index >= 15 is 0 Å². The van der Waals surface area contributed by atoms with E-state index in [1.165, 1.54) is 0 Å². The average molecular weight is 239 g/mol. The van der Waals surface area contributed by atoms with Crippen LogP contribution in [-0.4, -0.2) is 29.4 Å². The minimum absolute atomic E-state index is 1.75. The monoisotopic (exact) mass is 239 g/mol. The van der Waals surface area contributed by atoms with Gasteiger partial charge in [0.15, 0.2) is 0 Å². The third-order valence-electron chi connectivity index (χ3n) is 0. The van der Waals surface area contributed by atoms with Gasteiger partial charge in [0.25, 0.3) is 0 Å². The molecule has 13 heteroatoms. The fourth-order valence-corrected chi connectivity index (χ4v) is 0. The molecule has 0 bridgehead atoms. The molecule has 7 N–H and O–H groups in total. The van der Waals surface area contributed by atoms with Gasteiger partial charge in [0.2, 0.25) is 0 Å². The van der Waals surface area contributed by atoms with Crippen molar-refractivity contribution in [3.8, 4) is 0 Å². The van der Waals surface area contributed by atoms with Crippen molar-refractivity contribution in [2.45, 2.75) is 0 Å². The zero-order chi connectivity index (χ0) is 11.7. The quantitative estimate of drug-likeness (QED) is 0.120. The zero-order valence-electron chi connectivity index (χ0n) is 5.79. The highest BCUT2D eigenvalue weighted by Crippen LogP contribution is 2.26. The van der Waals surface area contributed by atoms with Crippen LogP contribution < -0.4 is 0 Å². The van der Waals surface area contributed by atoms with Crippen molar-refractivity contribution in [1.82, 2.24) is 0 Å². The van der Waals surface area contributed by atoms with Crippen molar-refractivity contribution in [3.63, 3.8) is 0 Å². The van der Waals surface area contributed by atoms with Gasteiger partial charge in [-0.25, -0.2) is 9.13 Å². The van der Waals surface area contributed by atoms with Gasteiger partial charge in [-0.15, -0.1) is 5.53 Å². The van der Waals surface area contributed by atoms with Crippen LogP contribution in [0.2, 0.25) is 0 Å². The summed E-state index contributed by atoms with van der Waals surface area (Å²) in [5.74, 6) is 0. The van der Waals surface area contributed by atoms with Crippen molar-refractivity contribution in [2.24, 2.45) is 0 Å². The lowest BCUT2D eigenvalue weighted by Gasteiger charge is -1.82. The second-order valence-electron chi connectivity index (χ2n) is 1.13.